The standard InChI is InChI=1S/C3H3ClO2/c4-3(5)2-1-6-2/h2H,1H2. The van der Waals surface area contributed by atoms with Gasteiger partial charge < -0.3 is 4.74 Å². The summed E-state index contributed by atoms with van der Waals surface area (Å²) >= 11 is 4.91. The maximum Gasteiger partial charge on any atom is 0.252 e. The number of ether oxygens (including phenoxy) is 1. The largest absolute Gasteiger partial charge is 0.363 e. The highest BCUT2D eigenvalue weighted by atomic mass is 35.5. The molecule has 0 N–H and O–H groups in total. The van der Waals surface area contributed by atoms with E-state index >= 15 is 0 Å². The molecule has 0 radical (unpaired) electrons. The average Bonchev–Trinajstić information content (AvgIpc) is 2.06. The highest BCUT2D eigenvalue weighted by molar-refractivity contribution is 6.64. The van der Waals surface area contributed by atoms with Gasteiger partial charge in [0.25, 0.3) is 5.24 Å². The highest BCUT2D eigenvalue weighted by Gasteiger charge is 2.29. The Bertz CT molecular complexity index is 76.9. The van der Waals surface area contributed by atoms with Crippen LogP contribution in [0.15, 0.2) is 0 Å². The molecule has 0 amide bonds. The summed E-state index contributed by atoms with van der Waals surface area (Å²) in [6.07, 6.45) is -0.272. The fourth-order valence-corrected chi connectivity index (χ4v) is 0.305. The van der Waals surface area contributed by atoms with Gasteiger partial charge in [0.05, 0.1) is 6.61 Å². The lowest BCUT2D eigenvalue weighted by Crippen LogP contribution is -1.93. The molecule has 2 nitrogen and oxygen atoms in total. The zero-order valence-electron chi connectivity index (χ0n) is 2.98. The van der Waals surface area contributed by atoms with Crippen LogP contribution >= 0.6 is 11.6 Å². The topological polar surface area (TPSA) is 29.6 Å². The third-order valence-electron chi connectivity index (χ3n) is 0.586. The molecule has 0 aromatic heterocycles. The Hall–Kier alpha value is -0.0800. The lowest BCUT2D eigenvalue weighted by atomic mass is 10.6. The van der Waals surface area contributed by atoms with Crippen molar-refractivity contribution in [3.8, 4) is 0 Å². The van der Waals surface area contributed by atoms with Crippen LogP contribution in [0.4, 0.5) is 0 Å². The first kappa shape index (κ1) is 4.09. The Morgan fingerprint density at radius 3 is 2.50 bits per heavy atom. The quantitative estimate of drug-likeness (QED) is 0.352. The van der Waals surface area contributed by atoms with Crippen molar-refractivity contribution in [3.63, 3.8) is 0 Å². The second-order valence-electron chi connectivity index (χ2n) is 1.13. The first-order chi connectivity index (χ1) is 2.80. The van der Waals surface area contributed by atoms with Crippen molar-refractivity contribution in [2.24, 2.45) is 0 Å². The van der Waals surface area contributed by atoms with Crippen LogP contribution in [0.2, 0.25) is 0 Å². The van der Waals surface area contributed by atoms with Gasteiger partial charge in [-0.05, 0) is 11.6 Å². The van der Waals surface area contributed by atoms with Gasteiger partial charge in [-0.2, -0.15) is 0 Å². The summed E-state index contributed by atoms with van der Waals surface area (Å²) in [7, 11) is 0. The molecule has 1 unspecified atom stereocenters. The van der Waals surface area contributed by atoms with E-state index in [0.29, 0.717) is 6.61 Å². The van der Waals surface area contributed by atoms with E-state index < -0.39 is 0 Å². The first-order valence-corrected chi connectivity index (χ1v) is 1.99. The van der Waals surface area contributed by atoms with Gasteiger partial charge in [0.15, 0.2) is 6.10 Å². The van der Waals surface area contributed by atoms with Crippen molar-refractivity contribution in [3.05, 3.63) is 0 Å². The number of hydrogen-bond acceptors (Lipinski definition) is 2. The second kappa shape index (κ2) is 1.21. The Kier molecular flexibility index (Phi) is 0.821. The number of hydrogen-bond donors (Lipinski definition) is 0. The molecule has 34 valence electrons. The van der Waals surface area contributed by atoms with Gasteiger partial charge in [0, 0.05) is 0 Å². The number of rotatable bonds is 1. The molecule has 0 aliphatic carbocycles. The third kappa shape index (κ3) is 0.698. The van der Waals surface area contributed by atoms with Crippen molar-refractivity contribution in [2.75, 3.05) is 6.61 Å². The predicted molar refractivity (Wildman–Crippen MR) is 20.6 cm³/mol. The van der Waals surface area contributed by atoms with E-state index in [0.717, 1.165) is 0 Å². The van der Waals surface area contributed by atoms with Crippen molar-refractivity contribution in [2.45, 2.75) is 6.10 Å². The Morgan fingerprint density at radius 1 is 2.00 bits per heavy atom. The van der Waals surface area contributed by atoms with E-state index in [1.807, 2.05) is 0 Å². The van der Waals surface area contributed by atoms with Crippen LogP contribution in [0.5, 0.6) is 0 Å². The van der Waals surface area contributed by atoms with E-state index in [1.165, 1.54) is 0 Å². The molecule has 0 aromatic carbocycles. The molecule has 0 saturated carbocycles. The highest BCUT2D eigenvalue weighted by Crippen LogP contribution is 2.10. The number of halogens is 1. The molecule has 1 atom stereocenters. The zero-order valence-corrected chi connectivity index (χ0v) is 3.73. The van der Waals surface area contributed by atoms with Crippen LogP contribution in [-0.2, 0) is 9.53 Å². The Balaban J connectivity index is 2.31. The van der Waals surface area contributed by atoms with E-state index in [-0.39, 0.29) is 11.3 Å². The average molecular weight is 107 g/mol. The summed E-state index contributed by atoms with van der Waals surface area (Å²) in [6, 6.07) is 0. The molecule has 3 heteroatoms. The van der Waals surface area contributed by atoms with Crippen molar-refractivity contribution >= 4 is 16.8 Å². The summed E-state index contributed by atoms with van der Waals surface area (Å²) in [5.41, 5.74) is 0. The molecule has 6 heavy (non-hydrogen) atoms. The predicted octanol–water partition coefficient (Wildman–Crippen LogP) is 0.151. The molecule has 1 aliphatic rings. The minimum absolute atomic E-state index is 0.272. The summed E-state index contributed by atoms with van der Waals surface area (Å²) in [5, 5.41) is -0.380. The minimum Gasteiger partial charge on any atom is -0.363 e. The van der Waals surface area contributed by atoms with Crippen LogP contribution < -0.4 is 0 Å². The van der Waals surface area contributed by atoms with Crippen molar-refractivity contribution < 1.29 is 9.53 Å². The molecule has 1 fully saturated rings. The van der Waals surface area contributed by atoms with Gasteiger partial charge >= 0.3 is 0 Å². The molecule has 1 aliphatic heterocycles. The molecular weight excluding hydrogens is 103 g/mol. The van der Waals surface area contributed by atoms with Crippen molar-refractivity contribution in [1.29, 1.82) is 0 Å². The monoisotopic (exact) mass is 106 g/mol. The van der Waals surface area contributed by atoms with E-state index in [2.05, 4.69) is 4.74 Å². The lowest BCUT2D eigenvalue weighted by Gasteiger charge is -1.68. The third-order valence-corrected chi connectivity index (χ3v) is 0.830. The maximum absolute atomic E-state index is 9.85. The number of carbonyl (C=O) groups is 1. The zero-order chi connectivity index (χ0) is 4.57. The minimum atomic E-state index is -0.380. The van der Waals surface area contributed by atoms with Crippen LogP contribution in [0.25, 0.3) is 0 Å². The van der Waals surface area contributed by atoms with E-state index in [4.69, 9.17) is 11.6 Å². The number of epoxide rings is 1. The molecule has 0 spiro atoms. The normalized spacial score (nSPS) is 29.8. The van der Waals surface area contributed by atoms with Gasteiger partial charge in [-0.1, -0.05) is 0 Å². The van der Waals surface area contributed by atoms with Crippen LogP contribution in [0.3, 0.4) is 0 Å². The van der Waals surface area contributed by atoms with Crippen LogP contribution in [-0.4, -0.2) is 18.0 Å². The Morgan fingerprint density at radius 2 is 2.50 bits per heavy atom. The van der Waals surface area contributed by atoms with E-state index in [9.17, 15) is 4.79 Å². The van der Waals surface area contributed by atoms with E-state index in [1.54, 1.807) is 0 Å². The number of carbonyl (C=O) groups excluding carboxylic acids is 1. The Labute approximate surface area is 40.0 Å². The van der Waals surface area contributed by atoms with Gasteiger partial charge in [0.1, 0.15) is 0 Å². The maximum atomic E-state index is 9.85. The molecule has 1 saturated heterocycles. The SMILES string of the molecule is O=C(Cl)C1CO1. The molecule has 1 heterocycles. The van der Waals surface area contributed by atoms with Gasteiger partial charge in [-0.25, -0.2) is 0 Å². The second-order valence-corrected chi connectivity index (χ2v) is 1.50. The summed E-state index contributed by atoms with van der Waals surface area (Å²) in [6.45, 7) is 0.516. The molecule has 0 aromatic rings. The summed E-state index contributed by atoms with van der Waals surface area (Å²) < 4.78 is 4.49. The van der Waals surface area contributed by atoms with Gasteiger partial charge in [-0.15, -0.1) is 0 Å². The van der Waals surface area contributed by atoms with Crippen LogP contribution in [0, 0.1) is 0 Å². The smallest absolute Gasteiger partial charge is 0.252 e. The van der Waals surface area contributed by atoms with Crippen LogP contribution in [0.1, 0.15) is 0 Å². The first-order valence-electron chi connectivity index (χ1n) is 1.61. The van der Waals surface area contributed by atoms with Gasteiger partial charge in [-0.3, -0.25) is 4.79 Å². The molecule has 0 bridgehead atoms. The van der Waals surface area contributed by atoms with Gasteiger partial charge in [0.2, 0.25) is 0 Å². The van der Waals surface area contributed by atoms with Crippen molar-refractivity contribution in [1.82, 2.24) is 0 Å². The molecule has 1 rings (SSSR count). The fourth-order valence-electron chi connectivity index (χ4n) is 0.179. The lowest BCUT2D eigenvalue weighted by molar-refractivity contribution is -0.112. The molecular formula is C3H3ClO2. The summed E-state index contributed by atoms with van der Waals surface area (Å²) in [4.78, 5) is 9.85. The fraction of sp³-hybridized carbons (Fsp3) is 0.667. The summed E-state index contributed by atoms with van der Waals surface area (Å²) in [5.74, 6) is 0.